The lowest BCUT2D eigenvalue weighted by molar-refractivity contribution is 0.586. The summed E-state index contributed by atoms with van der Waals surface area (Å²) in [6.45, 7) is 10.6. The van der Waals surface area contributed by atoms with Crippen molar-refractivity contribution in [3.8, 4) is 0 Å². The van der Waals surface area contributed by atoms with Gasteiger partial charge in [-0.05, 0) is 26.0 Å². The summed E-state index contributed by atoms with van der Waals surface area (Å²) in [4.78, 5) is 9.46. The Morgan fingerprint density at radius 1 is 1.10 bits per heavy atom. The average Bonchev–Trinajstić information content (AvgIpc) is 2.56. The van der Waals surface area contributed by atoms with Crippen molar-refractivity contribution < 1.29 is 0 Å². The highest BCUT2D eigenvalue weighted by molar-refractivity contribution is 6.00. The van der Waals surface area contributed by atoms with Crippen LogP contribution in [0.5, 0.6) is 0 Å². The molecular weight excluding hydrogens is 260 g/mol. The molecule has 1 aliphatic heterocycles. The Bertz CT molecular complexity index is 601. The molecule has 2 heterocycles. The van der Waals surface area contributed by atoms with Crippen molar-refractivity contribution in [3.05, 3.63) is 30.5 Å². The van der Waals surface area contributed by atoms with Gasteiger partial charge in [0.05, 0.1) is 0 Å². The fourth-order valence-corrected chi connectivity index (χ4v) is 3.14. The van der Waals surface area contributed by atoms with Gasteiger partial charge in [0.25, 0.3) is 0 Å². The Labute approximate surface area is 126 Å². The van der Waals surface area contributed by atoms with E-state index in [0.29, 0.717) is 0 Å². The third-order valence-corrected chi connectivity index (χ3v) is 4.28. The molecule has 0 unspecified atom stereocenters. The fraction of sp³-hybridized carbons (Fsp3) is 0.471. The van der Waals surface area contributed by atoms with E-state index in [9.17, 15) is 0 Å². The number of anilines is 2. The summed E-state index contributed by atoms with van der Waals surface area (Å²) in [5.74, 6) is 1.13. The van der Waals surface area contributed by atoms with Crippen LogP contribution in [0.1, 0.15) is 13.8 Å². The maximum absolute atomic E-state index is 4.66. The van der Waals surface area contributed by atoms with Gasteiger partial charge < -0.3 is 15.1 Å². The largest absolute Gasteiger partial charge is 0.372 e. The van der Waals surface area contributed by atoms with E-state index < -0.39 is 0 Å². The molecule has 21 heavy (non-hydrogen) atoms. The second-order valence-corrected chi connectivity index (χ2v) is 5.42. The van der Waals surface area contributed by atoms with E-state index in [1.165, 1.54) is 16.5 Å². The zero-order valence-corrected chi connectivity index (χ0v) is 13.0. The van der Waals surface area contributed by atoms with Gasteiger partial charge in [-0.1, -0.05) is 12.1 Å². The molecule has 4 nitrogen and oxygen atoms in total. The Kier molecular flexibility index (Phi) is 4.25. The van der Waals surface area contributed by atoms with Crippen molar-refractivity contribution in [1.29, 1.82) is 0 Å². The SMILES string of the molecule is CCN(CC)c1cccc2c(N3CCNCC3)nccc12. The van der Waals surface area contributed by atoms with E-state index >= 15 is 0 Å². The summed E-state index contributed by atoms with van der Waals surface area (Å²) in [6, 6.07) is 8.72. The van der Waals surface area contributed by atoms with Gasteiger partial charge in [-0.3, -0.25) is 0 Å². The Morgan fingerprint density at radius 3 is 2.57 bits per heavy atom. The van der Waals surface area contributed by atoms with Gasteiger partial charge in [0, 0.05) is 61.9 Å². The second kappa shape index (κ2) is 6.31. The van der Waals surface area contributed by atoms with Crippen LogP contribution < -0.4 is 15.1 Å². The quantitative estimate of drug-likeness (QED) is 0.934. The third-order valence-electron chi connectivity index (χ3n) is 4.28. The zero-order valence-electron chi connectivity index (χ0n) is 13.0. The van der Waals surface area contributed by atoms with Gasteiger partial charge in [-0.15, -0.1) is 0 Å². The lowest BCUT2D eigenvalue weighted by Gasteiger charge is -2.30. The highest BCUT2D eigenvalue weighted by atomic mass is 15.2. The standard InChI is InChI=1S/C17H24N4/c1-3-20(4-2)16-7-5-6-15-14(16)8-9-19-17(15)21-12-10-18-11-13-21/h5-9,18H,3-4,10-13H2,1-2H3. The van der Waals surface area contributed by atoms with E-state index in [2.05, 4.69) is 58.2 Å². The monoisotopic (exact) mass is 284 g/mol. The van der Waals surface area contributed by atoms with Crippen LogP contribution in [0.15, 0.2) is 30.5 Å². The average molecular weight is 284 g/mol. The smallest absolute Gasteiger partial charge is 0.136 e. The van der Waals surface area contributed by atoms with E-state index in [1.807, 2.05) is 6.20 Å². The van der Waals surface area contributed by atoms with Crippen molar-refractivity contribution in [2.45, 2.75) is 13.8 Å². The van der Waals surface area contributed by atoms with Crippen LogP contribution >= 0.6 is 0 Å². The van der Waals surface area contributed by atoms with Crippen molar-refractivity contribution in [2.24, 2.45) is 0 Å². The lowest BCUT2D eigenvalue weighted by atomic mass is 10.1. The van der Waals surface area contributed by atoms with Crippen molar-refractivity contribution in [3.63, 3.8) is 0 Å². The number of nitrogens with one attached hydrogen (secondary N) is 1. The first-order valence-corrected chi connectivity index (χ1v) is 7.93. The Morgan fingerprint density at radius 2 is 1.86 bits per heavy atom. The van der Waals surface area contributed by atoms with Crippen molar-refractivity contribution in [2.75, 3.05) is 49.1 Å². The molecule has 1 aliphatic rings. The Balaban J connectivity index is 2.09. The molecule has 0 bridgehead atoms. The van der Waals surface area contributed by atoms with Crippen LogP contribution in [0.25, 0.3) is 10.8 Å². The second-order valence-electron chi connectivity index (χ2n) is 5.42. The van der Waals surface area contributed by atoms with E-state index in [1.54, 1.807) is 0 Å². The molecule has 0 aliphatic carbocycles. The van der Waals surface area contributed by atoms with Gasteiger partial charge in [-0.2, -0.15) is 0 Å². The molecule has 3 rings (SSSR count). The fourth-order valence-electron chi connectivity index (χ4n) is 3.14. The molecule has 1 aromatic heterocycles. The molecule has 0 amide bonds. The van der Waals surface area contributed by atoms with Crippen LogP contribution in [0.4, 0.5) is 11.5 Å². The minimum atomic E-state index is 1.03. The number of hydrogen-bond acceptors (Lipinski definition) is 4. The number of piperazine rings is 1. The molecule has 0 radical (unpaired) electrons. The van der Waals surface area contributed by atoms with Gasteiger partial charge in [0.15, 0.2) is 0 Å². The maximum atomic E-state index is 4.66. The van der Waals surface area contributed by atoms with Crippen molar-refractivity contribution >= 4 is 22.3 Å². The molecule has 0 saturated carbocycles. The zero-order chi connectivity index (χ0) is 14.7. The number of rotatable bonds is 4. The van der Waals surface area contributed by atoms with Gasteiger partial charge in [-0.25, -0.2) is 4.98 Å². The van der Waals surface area contributed by atoms with E-state index in [-0.39, 0.29) is 0 Å². The minimum Gasteiger partial charge on any atom is -0.372 e. The van der Waals surface area contributed by atoms with Crippen molar-refractivity contribution in [1.82, 2.24) is 10.3 Å². The summed E-state index contributed by atoms with van der Waals surface area (Å²) >= 11 is 0. The summed E-state index contributed by atoms with van der Waals surface area (Å²) in [5.41, 5.74) is 1.32. The molecule has 1 aromatic carbocycles. The third kappa shape index (κ3) is 2.68. The molecule has 112 valence electrons. The molecule has 2 aromatic rings. The van der Waals surface area contributed by atoms with Gasteiger partial charge >= 0.3 is 0 Å². The minimum absolute atomic E-state index is 1.03. The predicted octanol–water partition coefficient (Wildman–Crippen LogP) is 2.49. The maximum Gasteiger partial charge on any atom is 0.136 e. The highest BCUT2D eigenvalue weighted by Gasteiger charge is 2.16. The molecule has 0 spiro atoms. The Hall–Kier alpha value is -1.81. The van der Waals surface area contributed by atoms with Crippen LogP contribution in [-0.2, 0) is 0 Å². The van der Waals surface area contributed by atoms with Crippen LogP contribution in [0.2, 0.25) is 0 Å². The van der Waals surface area contributed by atoms with Crippen LogP contribution in [-0.4, -0.2) is 44.3 Å². The number of pyridine rings is 1. The molecular formula is C17H24N4. The summed E-state index contributed by atoms with van der Waals surface area (Å²) in [5, 5.41) is 5.98. The first-order valence-electron chi connectivity index (χ1n) is 7.93. The van der Waals surface area contributed by atoms with Gasteiger partial charge in [0.2, 0.25) is 0 Å². The van der Waals surface area contributed by atoms with Crippen LogP contribution in [0.3, 0.4) is 0 Å². The topological polar surface area (TPSA) is 31.4 Å². The molecule has 0 atom stereocenters. The molecule has 1 saturated heterocycles. The summed E-state index contributed by atoms with van der Waals surface area (Å²) in [6.07, 6.45) is 1.95. The molecule has 4 heteroatoms. The number of hydrogen-bond donors (Lipinski definition) is 1. The number of benzene rings is 1. The van der Waals surface area contributed by atoms with E-state index in [4.69, 9.17) is 0 Å². The first kappa shape index (κ1) is 14.1. The summed E-state index contributed by atoms with van der Waals surface area (Å²) in [7, 11) is 0. The van der Waals surface area contributed by atoms with E-state index in [0.717, 1.165) is 45.1 Å². The summed E-state index contributed by atoms with van der Waals surface area (Å²) < 4.78 is 0. The molecule has 1 fully saturated rings. The molecule has 1 N–H and O–H groups in total. The number of aromatic nitrogens is 1. The van der Waals surface area contributed by atoms with Crippen LogP contribution in [0, 0.1) is 0 Å². The lowest BCUT2D eigenvalue weighted by Crippen LogP contribution is -2.44. The van der Waals surface area contributed by atoms with Gasteiger partial charge in [0.1, 0.15) is 5.82 Å². The number of nitrogens with zero attached hydrogens (tertiary/aromatic N) is 3. The predicted molar refractivity (Wildman–Crippen MR) is 90.4 cm³/mol. The highest BCUT2D eigenvalue weighted by Crippen LogP contribution is 2.31. The first-order chi connectivity index (χ1) is 10.3. The number of fused-ring (bicyclic) bond motifs is 1. The normalized spacial score (nSPS) is 15.4.